The van der Waals surface area contributed by atoms with Crippen LogP contribution in [0.4, 0.5) is 18.9 Å². The van der Waals surface area contributed by atoms with Crippen molar-refractivity contribution in [2.45, 2.75) is 32.4 Å². The normalized spacial score (nSPS) is 18.8. The summed E-state index contributed by atoms with van der Waals surface area (Å²) in [4.78, 5) is 21.2. The first-order valence-electron chi connectivity index (χ1n) is 10.8. The number of piperazine rings is 1. The van der Waals surface area contributed by atoms with Crippen molar-refractivity contribution in [1.82, 2.24) is 4.90 Å². The van der Waals surface area contributed by atoms with Crippen molar-refractivity contribution >= 4 is 34.6 Å². The van der Waals surface area contributed by atoms with Crippen molar-refractivity contribution in [2.75, 3.05) is 31.1 Å². The molecule has 2 aliphatic rings. The molecule has 0 aromatic heterocycles. The zero-order valence-corrected chi connectivity index (χ0v) is 19.6. The molecule has 1 saturated heterocycles. The number of nitrogens with zero attached hydrogens (tertiary/aromatic N) is 3. The lowest BCUT2D eigenvalue weighted by molar-refractivity contribution is -0.137. The summed E-state index contributed by atoms with van der Waals surface area (Å²) in [5, 5.41) is 0.654. The third-order valence-corrected chi connectivity index (χ3v) is 6.82. The summed E-state index contributed by atoms with van der Waals surface area (Å²) in [5.41, 5.74) is 2.15. The van der Waals surface area contributed by atoms with E-state index in [0.29, 0.717) is 41.9 Å². The topological polar surface area (TPSA) is 35.9 Å². The fraction of sp³-hybridized carbons (Fsp3) is 0.360. The minimum atomic E-state index is -4.36. The van der Waals surface area contributed by atoms with Crippen molar-refractivity contribution in [1.29, 1.82) is 0 Å². The van der Waals surface area contributed by atoms with Crippen molar-refractivity contribution in [3.05, 3.63) is 70.1 Å². The van der Waals surface area contributed by atoms with Gasteiger partial charge in [-0.15, -0.1) is 0 Å². The van der Waals surface area contributed by atoms with Gasteiger partial charge in [-0.2, -0.15) is 18.2 Å². The molecular weight excluding hydrogens is 447 g/mol. The van der Waals surface area contributed by atoms with Gasteiger partial charge < -0.3 is 9.80 Å². The van der Waals surface area contributed by atoms with E-state index in [9.17, 15) is 18.0 Å². The Hall–Kier alpha value is -2.74. The third kappa shape index (κ3) is 5.43. The largest absolute Gasteiger partial charge is 0.416 e. The Kier molecular flexibility index (Phi) is 6.31. The van der Waals surface area contributed by atoms with Gasteiger partial charge in [0.2, 0.25) is 0 Å². The van der Waals surface area contributed by atoms with Crippen LogP contribution in [-0.2, 0) is 16.4 Å². The number of carbonyl (C=O) groups excluding carboxylic acids is 1. The fourth-order valence-electron chi connectivity index (χ4n) is 3.80. The molecule has 0 N–H and O–H groups in total. The van der Waals surface area contributed by atoms with Crippen LogP contribution in [0.25, 0.3) is 6.08 Å². The zero-order valence-electron chi connectivity index (χ0n) is 18.8. The molecule has 4 nitrogen and oxygen atoms in total. The summed E-state index contributed by atoms with van der Waals surface area (Å²) < 4.78 is 39.1. The van der Waals surface area contributed by atoms with Gasteiger partial charge in [0, 0.05) is 31.9 Å². The van der Waals surface area contributed by atoms with Gasteiger partial charge in [0.1, 0.15) is 0 Å². The number of aliphatic imine (C=N–C) groups is 1. The molecule has 174 valence electrons. The Morgan fingerprint density at radius 3 is 2.15 bits per heavy atom. The number of carbonyl (C=O) groups is 1. The van der Waals surface area contributed by atoms with Crippen molar-refractivity contribution in [3.8, 4) is 0 Å². The van der Waals surface area contributed by atoms with Crippen LogP contribution in [-0.4, -0.2) is 42.2 Å². The van der Waals surface area contributed by atoms with Gasteiger partial charge in [-0.3, -0.25) is 4.79 Å². The smallest absolute Gasteiger partial charge is 0.368 e. The lowest BCUT2D eigenvalue weighted by Crippen LogP contribution is -2.47. The highest BCUT2D eigenvalue weighted by atomic mass is 32.2. The molecule has 2 aromatic rings. The van der Waals surface area contributed by atoms with Gasteiger partial charge in [0.05, 0.1) is 10.5 Å². The van der Waals surface area contributed by atoms with E-state index in [1.54, 1.807) is 6.07 Å². The Bertz CT molecular complexity index is 1090. The molecular formula is C25H26F3N3OS. The molecule has 0 aliphatic carbocycles. The van der Waals surface area contributed by atoms with Crippen molar-refractivity contribution in [2.24, 2.45) is 4.99 Å². The lowest BCUT2D eigenvalue weighted by atomic mass is 9.87. The summed E-state index contributed by atoms with van der Waals surface area (Å²) in [6.07, 6.45) is -2.50. The minimum absolute atomic E-state index is 0.0656. The van der Waals surface area contributed by atoms with Gasteiger partial charge in [-0.25, -0.2) is 0 Å². The molecule has 0 atom stereocenters. The molecule has 8 heteroatoms. The van der Waals surface area contributed by atoms with Crippen LogP contribution in [0, 0.1) is 0 Å². The van der Waals surface area contributed by atoms with Gasteiger partial charge in [-0.1, -0.05) is 51.1 Å². The number of thioether (sulfide) groups is 1. The molecule has 0 saturated carbocycles. The fourth-order valence-corrected chi connectivity index (χ4v) is 4.76. The van der Waals surface area contributed by atoms with Gasteiger partial charge in [-0.05, 0) is 52.6 Å². The van der Waals surface area contributed by atoms with Crippen LogP contribution in [0.15, 0.2) is 58.4 Å². The first-order valence-corrected chi connectivity index (χ1v) is 11.6. The van der Waals surface area contributed by atoms with Crippen LogP contribution in [0.1, 0.15) is 37.5 Å². The maximum atomic E-state index is 13.0. The Morgan fingerprint density at radius 2 is 1.55 bits per heavy atom. The number of alkyl halides is 3. The van der Waals surface area contributed by atoms with Crippen LogP contribution >= 0.6 is 11.8 Å². The molecule has 0 radical (unpaired) electrons. The van der Waals surface area contributed by atoms with Crippen LogP contribution in [0.5, 0.6) is 0 Å². The maximum Gasteiger partial charge on any atom is 0.416 e. The summed E-state index contributed by atoms with van der Waals surface area (Å²) in [5.74, 6) is -0.254. The highest BCUT2D eigenvalue weighted by Crippen LogP contribution is 2.34. The van der Waals surface area contributed by atoms with E-state index < -0.39 is 11.7 Å². The van der Waals surface area contributed by atoms with E-state index in [-0.39, 0.29) is 11.3 Å². The molecule has 33 heavy (non-hydrogen) atoms. The summed E-state index contributed by atoms with van der Waals surface area (Å²) >= 11 is 1.35. The van der Waals surface area contributed by atoms with Crippen LogP contribution in [0.2, 0.25) is 0 Å². The van der Waals surface area contributed by atoms with E-state index in [2.05, 4.69) is 37.9 Å². The lowest BCUT2D eigenvalue weighted by Gasteiger charge is -2.36. The molecule has 0 spiro atoms. The molecule has 2 aliphatic heterocycles. The van der Waals surface area contributed by atoms with Gasteiger partial charge >= 0.3 is 6.18 Å². The maximum absolute atomic E-state index is 13.0. The summed E-state index contributed by atoms with van der Waals surface area (Å²) in [6, 6.07) is 13.6. The molecule has 4 rings (SSSR count). The highest BCUT2D eigenvalue weighted by Gasteiger charge is 2.32. The number of hydrogen-bond acceptors (Lipinski definition) is 4. The number of amides is 1. The van der Waals surface area contributed by atoms with E-state index in [4.69, 9.17) is 0 Å². The highest BCUT2D eigenvalue weighted by molar-refractivity contribution is 8.18. The first-order chi connectivity index (χ1) is 15.5. The number of rotatable bonds is 2. The molecule has 2 heterocycles. The van der Waals surface area contributed by atoms with Crippen molar-refractivity contribution in [3.63, 3.8) is 0 Å². The molecule has 0 unspecified atom stereocenters. The van der Waals surface area contributed by atoms with E-state index in [1.165, 1.54) is 29.5 Å². The molecule has 1 fully saturated rings. The summed E-state index contributed by atoms with van der Waals surface area (Å²) in [6.45, 7) is 8.76. The van der Waals surface area contributed by atoms with E-state index in [0.717, 1.165) is 11.6 Å². The predicted octanol–water partition coefficient (Wildman–Crippen LogP) is 5.80. The zero-order chi connectivity index (χ0) is 23.8. The van der Waals surface area contributed by atoms with E-state index in [1.807, 2.05) is 28.0 Å². The molecule has 0 bridgehead atoms. The van der Waals surface area contributed by atoms with Gasteiger partial charge in [0.25, 0.3) is 5.91 Å². The Labute approximate surface area is 196 Å². The Morgan fingerprint density at radius 1 is 0.909 bits per heavy atom. The summed E-state index contributed by atoms with van der Waals surface area (Å²) in [7, 11) is 0. The Balaban J connectivity index is 1.39. The SMILES string of the molecule is CC(C)(C)c1ccc(C=C2SC(N3CCN(c4cccc(C(F)(F)F)c4)CC3)=NC2=O)cc1. The number of halogens is 3. The number of hydrogen-bond donors (Lipinski definition) is 0. The second-order valence-electron chi connectivity index (χ2n) is 9.20. The van der Waals surface area contributed by atoms with E-state index >= 15 is 0 Å². The standard InChI is InChI=1S/C25H26F3N3OS/c1-24(2,3)18-9-7-17(8-10-18)15-21-22(32)29-23(33-21)31-13-11-30(12-14-31)20-6-4-5-19(16-20)25(26,27)28/h4-10,15-16H,11-14H2,1-3H3. The minimum Gasteiger partial charge on any atom is -0.368 e. The third-order valence-electron chi connectivity index (χ3n) is 5.77. The predicted molar refractivity (Wildman–Crippen MR) is 128 cm³/mol. The van der Waals surface area contributed by atoms with Crippen LogP contribution in [0.3, 0.4) is 0 Å². The van der Waals surface area contributed by atoms with Gasteiger partial charge in [0.15, 0.2) is 5.17 Å². The average molecular weight is 474 g/mol. The monoisotopic (exact) mass is 473 g/mol. The molecule has 1 amide bonds. The number of amidine groups is 1. The number of benzene rings is 2. The van der Waals surface area contributed by atoms with Crippen LogP contribution < -0.4 is 4.90 Å². The number of anilines is 1. The average Bonchev–Trinajstić information content (AvgIpc) is 3.13. The second kappa shape index (κ2) is 8.89. The second-order valence-corrected chi connectivity index (χ2v) is 10.2. The first kappa shape index (κ1) is 23.4. The quantitative estimate of drug-likeness (QED) is 0.517. The van der Waals surface area contributed by atoms with Crippen molar-refractivity contribution < 1.29 is 18.0 Å². The molecule has 2 aromatic carbocycles.